The first-order valence-corrected chi connectivity index (χ1v) is 11.0. The highest BCUT2D eigenvalue weighted by atomic mass is 35.5. The van der Waals surface area contributed by atoms with Gasteiger partial charge in [-0.2, -0.15) is 0 Å². The van der Waals surface area contributed by atoms with E-state index in [1.54, 1.807) is 7.11 Å². The van der Waals surface area contributed by atoms with Gasteiger partial charge in [-0.15, -0.1) is 0 Å². The van der Waals surface area contributed by atoms with E-state index in [9.17, 15) is 0 Å². The van der Waals surface area contributed by atoms with Crippen molar-refractivity contribution in [3.8, 4) is 17.2 Å². The van der Waals surface area contributed by atoms with Crippen LogP contribution in [0.3, 0.4) is 0 Å². The van der Waals surface area contributed by atoms with E-state index in [0.29, 0.717) is 41.3 Å². The standard InChI is InChI=1S/C25H27Cl2NO3/c1-3-30-24-14-20(16-28-12-11-19-8-4-5-10-23(19)29-2)22(27)15-25(24)31-17-18-7-6-9-21(26)13-18/h4-10,13-15,28H,3,11-12,16-17H2,1-2H3. The zero-order valence-electron chi connectivity index (χ0n) is 17.8. The van der Waals surface area contributed by atoms with Crippen LogP contribution < -0.4 is 19.5 Å². The number of ether oxygens (including phenoxy) is 3. The minimum absolute atomic E-state index is 0.382. The molecule has 0 aliphatic carbocycles. The quantitative estimate of drug-likeness (QED) is 0.341. The lowest BCUT2D eigenvalue weighted by molar-refractivity contribution is 0.269. The molecule has 1 N–H and O–H groups in total. The predicted octanol–water partition coefficient (Wildman–Crippen LogP) is 6.31. The summed E-state index contributed by atoms with van der Waals surface area (Å²) in [6.45, 7) is 4.29. The van der Waals surface area contributed by atoms with Crippen molar-refractivity contribution in [2.75, 3.05) is 20.3 Å². The lowest BCUT2D eigenvalue weighted by Gasteiger charge is -2.16. The Labute approximate surface area is 194 Å². The lowest BCUT2D eigenvalue weighted by Crippen LogP contribution is -2.17. The van der Waals surface area contributed by atoms with Crippen molar-refractivity contribution < 1.29 is 14.2 Å². The van der Waals surface area contributed by atoms with Crippen LogP contribution in [-0.2, 0) is 19.6 Å². The van der Waals surface area contributed by atoms with E-state index in [0.717, 1.165) is 29.8 Å². The van der Waals surface area contributed by atoms with Crippen molar-refractivity contribution in [1.82, 2.24) is 5.32 Å². The van der Waals surface area contributed by atoms with Gasteiger partial charge in [0.1, 0.15) is 12.4 Å². The first-order valence-electron chi connectivity index (χ1n) is 10.3. The van der Waals surface area contributed by atoms with Gasteiger partial charge in [-0.05, 0) is 60.8 Å². The Balaban J connectivity index is 1.62. The molecule has 0 fully saturated rings. The van der Waals surface area contributed by atoms with E-state index in [4.69, 9.17) is 37.4 Å². The minimum Gasteiger partial charge on any atom is -0.496 e. The molecule has 0 heterocycles. The third-order valence-corrected chi connectivity index (χ3v) is 5.36. The summed E-state index contributed by atoms with van der Waals surface area (Å²) < 4.78 is 17.2. The van der Waals surface area contributed by atoms with E-state index in [1.165, 1.54) is 5.56 Å². The summed E-state index contributed by atoms with van der Waals surface area (Å²) in [5.41, 5.74) is 3.11. The van der Waals surface area contributed by atoms with Crippen LogP contribution in [-0.4, -0.2) is 20.3 Å². The number of methoxy groups -OCH3 is 1. The second-order valence-electron chi connectivity index (χ2n) is 6.98. The molecule has 0 unspecified atom stereocenters. The van der Waals surface area contributed by atoms with Crippen molar-refractivity contribution in [2.24, 2.45) is 0 Å². The van der Waals surface area contributed by atoms with Gasteiger partial charge >= 0.3 is 0 Å². The van der Waals surface area contributed by atoms with Crippen molar-refractivity contribution in [3.05, 3.63) is 87.4 Å². The topological polar surface area (TPSA) is 39.7 Å². The average Bonchev–Trinajstić information content (AvgIpc) is 2.77. The maximum atomic E-state index is 6.54. The molecule has 0 spiro atoms. The first-order chi connectivity index (χ1) is 15.1. The first kappa shape index (κ1) is 23.3. The summed E-state index contributed by atoms with van der Waals surface area (Å²) in [4.78, 5) is 0. The highest BCUT2D eigenvalue weighted by Crippen LogP contribution is 2.34. The number of benzene rings is 3. The molecular weight excluding hydrogens is 433 g/mol. The molecule has 0 saturated carbocycles. The molecule has 0 aliphatic heterocycles. The third-order valence-electron chi connectivity index (χ3n) is 4.78. The van der Waals surface area contributed by atoms with Crippen molar-refractivity contribution >= 4 is 23.2 Å². The fourth-order valence-corrected chi connectivity index (χ4v) is 3.67. The molecule has 3 rings (SSSR count). The van der Waals surface area contributed by atoms with Crippen LogP contribution in [0.5, 0.6) is 17.2 Å². The summed E-state index contributed by atoms with van der Waals surface area (Å²) >= 11 is 12.6. The Morgan fingerprint density at radius 1 is 0.839 bits per heavy atom. The van der Waals surface area contributed by atoms with Crippen molar-refractivity contribution in [3.63, 3.8) is 0 Å². The number of para-hydroxylation sites is 1. The van der Waals surface area contributed by atoms with Gasteiger partial charge in [-0.3, -0.25) is 0 Å². The highest BCUT2D eigenvalue weighted by Gasteiger charge is 2.12. The van der Waals surface area contributed by atoms with E-state index >= 15 is 0 Å². The summed E-state index contributed by atoms with van der Waals surface area (Å²) in [5.74, 6) is 2.20. The van der Waals surface area contributed by atoms with Crippen LogP contribution in [0, 0.1) is 0 Å². The molecule has 164 valence electrons. The van der Waals surface area contributed by atoms with Crippen LogP contribution >= 0.6 is 23.2 Å². The molecular formula is C25H27Cl2NO3. The SMILES string of the molecule is CCOc1cc(CNCCc2ccccc2OC)c(Cl)cc1OCc1cccc(Cl)c1. The van der Waals surface area contributed by atoms with Crippen molar-refractivity contribution in [1.29, 1.82) is 0 Å². The molecule has 0 saturated heterocycles. The number of rotatable bonds is 11. The van der Waals surface area contributed by atoms with Gasteiger partial charge in [0.2, 0.25) is 0 Å². The Morgan fingerprint density at radius 3 is 2.42 bits per heavy atom. The van der Waals surface area contributed by atoms with E-state index in [2.05, 4.69) is 11.4 Å². The number of hydrogen-bond acceptors (Lipinski definition) is 4. The number of halogens is 2. The fourth-order valence-electron chi connectivity index (χ4n) is 3.24. The van der Waals surface area contributed by atoms with Crippen LogP contribution in [0.4, 0.5) is 0 Å². The third kappa shape index (κ3) is 6.79. The molecule has 3 aromatic rings. The van der Waals surface area contributed by atoms with Gasteiger partial charge < -0.3 is 19.5 Å². The summed E-state index contributed by atoms with van der Waals surface area (Å²) in [7, 11) is 1.69. The Hall–Kier alpha value is -2.40. The minimum atomic E-state index is 0.382. The smallest absolute Gasteiger partial charge is 0.163 e. The Morgan fingerprint density at radius 2 is 1.65 bits per heavy atom. The second-order valence-corrected chi connectivity index (χ2v) is 7.82. The summed E-state index contributed by atoms with van der Waals surface area (Å²) in [6, 6.07) is 19.4. The molecule has 3 aromatic carbocycles. The largest absolute Gasteiger partial charge is 0.496 e. The molecule has 4 nitrogen and oxygen atoms in total. The molecule has 0 amide bonds. The molecule has 0 aliphatic rings. The number of nitrogens with one attached hydrogen (secondary N) is 1. The molecule has 0 radical (unpaired) electrons. The highest BCUT2D eigenvalue weighted by molar-refractivity contribution is 6.31. The van der Waals surface area contributed by atoms with Crippen molar-refractivity contribution in [2.45, 2.75) is 26.5 Å². The molecule has 31 heavy (non-hydrogen) atoms. The van der Waals surface area contributed by atoms with Gasteiger partial charge in [0.05, 0.1) is 13.7 Å². The van der Waals surface area contributed by atoms with E-state index in [-0.39, 0.29) is 0 Å². The molecule has 0 bridgehead atoms. The average molecular weight is 460 g/mol. The predicted molar refractivity (Wildman–Crippen MR) is 127 cm³/mol. The van der Waals surface area contributed by atoms with E-state index in [1.807, 2.05) is 61.5 Å². The molecule has 0 atom stereocenters. The summed E-state index contributed by atoms with van der Waals surface area (Å²) in [5, 5.41) is 4.76. The second kappa shape index (κ2) is 11.8. The fraction of sp³-hybridized carbons (Fsp3) is 0.280. The Bertz CT molecular complexity index is 994. The molecule has 0 aromatic heterocycles. The maximum Gasteiger partial charge on any atom is 0.163 e. The van der Waals surface area contributed by atoms with Gasteiger partial charge in [-0.25, -0.2) is 0 Å². The lowest BCUT2D eigenvalue weighted by atomic mass is 10.1. The van der Waals surface area contributed by atoms with Gasteiger partial charge in [0, 0.05) is 22.7 Å². The van der Waals surface area contributed by atoms with Crippen LogP contribution in [0.2, 0.25) is 10.0 Å². The van der Waals surface area contributed by atoms with E-state index < -0.39 is 0 Å². The summed E-state index contributed by atoms with van der Waals surface area (Å²) in [6.07, 6.45) is 0.862. The van der Waals surface area contributed by atoms with Gasteiger partial charge in [-0.1, -0.05) is 53.5 Å². The van der Waals surface area contributed by atoms with Gasteiger partial charge in [0.15, 0.2) is 11.5 Å². The van der Waals surface area contributed by atoms with Crippen LogP contribution in [0.1, 0.15) is 23.6 Å². The monoisotopic (exact) mass is 459 g/mol. The Kier molecular flexibility index (Phi) is 8.89. The normalized spacial score (nSPS) is 10.7. The van der Waals surface area contributed by atoms with Crippen LogP contribution in [0.25, 0.3) is 0 Å². The van der Waals surface area contributed by atoms with Gasteiger partial charge in [0.25, 0.3) is 0 Å². The van der Waals surface area contributed by atoms with Crippen LogP contribution in [0.15, 0.2) is 60.7 Å². The maximum absolute atomic E-state index is 6.54. The number of hydrogen-bond donors (Lipinski definition) is 1. The molecule has 6 heteroatoms. The zero-order valence-corrected chi connectivity index (χ0v) is 19.3. The zero-order chi connectivity index (χ0) is 22.1.